The molecule has 2 aromatic heterocycles. The highest BCUT2D eigenvalue weighted by Gasteiger charge is 2.06. The molecule has 0 atom stereocenters. The van der Waals surface area contributed by atoms with Crippen molar-refractivity contribution in [2.75, 3.05) is 23.9 Å². The molecule has 0 aliphatic rings. The maximum Gasteiger partial charge on any atom is 0.228 e. The molecule has 9 heteroatoms. The maximum atomic E-state index is 5.40. The van der Waals surface area contributed by atoms with Crippen molar-refractivity contribution in [2.45, 2.75) is 26.9 Å². The minimum atomic E-state index is 0.337. The average molecular weight is 293 g/mol. The van der Waals surface area contributed by atoms with Crippen molar-refractivity contribution in [1.29, 1.82) is 0 Å². The lowest BCUT2D eigenvalue weighted by Crippen LogP contribution is -2.14. The summed E-state index contributed by atoms with van der Waals surface area (Å²) in [4.78, 5) is 12.7. The van der Waals surface area contributed by atoms with E-state index in [0.29, 0.717) is 55.4 Å². The number of hydrogen-bond donors (Lipinski definition) is 3. The third-order valence-electron chi connectivity index (χ3n) is 2.57. The first-order valence-corrected chi connectivity index (χ1v) is 6.66. The zero-order valence-electron chi connectivity index (χ0n) is 12.1. The second-order valence-corrected chi connectivity index (χ2v) is 4.25. The van der Waals surface area contributed by atoms with Crippen LogP contribution in [0.15, 0.2) is 10.6 Å². The number of nitrogens with zero attached hydrogens (tertiary/aromatic N) is 4. The van der Waals surface area contributed by atoms with Crippen molar-refractivity contribution in [1.82, 2.24) is 20.1 Å². The van der Waals surface area contributed by atoms with E-state index in [0.717, 1.165) is 0 Å². The lowest BCUT2D eigenvalue weighted by molar-refractivity contribution is 0.128. The van der Waals surface area contributed by atoms with E-state index < -0.39 is 0 Å². The Morgan fingerprint density at radius 2 is 2.10 bits per heavy atom. The molecule has 0 aliphatic carbocycles. The minimum Gasteiger partial charge on any atom is -0.374 e. The van der Waals surface area contributed by atoms with Gasteiger partial charge in [-0.2, -0.15) is 4.98 Å². The van der Waals surface area contributed by atoms with Gasteiger partial charge in [0.1, 0.15) is 18.2 Å². The largest absolute Gasteiger partial charge is 0.374 e. The highest BCUT2D eigenvalue weighted by Crippen LogP contribution is 2.11. The van der Waals surface area contributed by atoms with E-state index >= 15 is 0 Å². The number of hydrogen-bond acceptors (Lipinski definition) is 9. The molecular formula is C12H19N7O2. The monoisotopic (exact) mass is 293 g/mol. The molecule has 0 amide bonds. The summed E-state index contributed by atoms with van der Waals surface area (Å²) in [6, 6.07) is 1.72. The quantitative estimate of drug-likeness (QED) is 0.475. The molecule has 0 bridgehead atoms. The number of hydrazine groups is 1. The van der Waals surface area contributed by atoms with E-state index in [-0.39, 0.29) is 0 Å². The number of nitrogens with two attached hydrogens (primary N) is 1. The van der Waals surface area contributed by atoms with Crippen LogP contribution in [-0.4, -0.2) is 33.3 Å². The van der Waals surface area contributed by atoms with Gasteiger partial charge in [0.15, 0.2) is 11.6 Å². The normalized spacial score (nSPS) is 10.6. The summed E-state index contributed by atoms with van der Waals surface area (Å²) in [6.07, 6.45) is 0.608. The third-order valence-corrected chi connectivity index (χ3v) is 2.57. The van der Waals surface area contributed by atoms with E-state index in [4.69, 9.17) is 15.1 Å². The van der Waals surface area contributed by atoms with Gasteiger partial charge in [-0.3, -0.25) is 0 Å². The molecule has 114 valence electrons. The number of nitrogens with one attached hydrogen (secondary N) is 2. The average Bonchev–Trinajstić information content (AvgIpc) is 2.90. The Bertz CT molecular complexity index is 572. The molecule has 2 rings (SSSR count). The SMILES string of the molecule is CCOCc1nc(NN)cc(NCCc2nc(C)no2)n1. The summed E-state index contributed by atoms with van der Waals surface area (Å²) in [5.41, 5.74) is 2.51. The first-order chi connectivity index (χ1) is 10.2. The van der Waals surface area contributed by atoms with Crippen LogP contribution in [-0.2, 0) is 17.8 Å². The number of aromatic nitrogens is 4. The Morgan fingerprint density at radius 3 is 2.76 bits per heavy atom. The Labute approximate surface area is 122 Å². The van der Waals surface area contributed by atoms with Crippen molar-refractivity contribution in [3.63, 3.8) is 0 Å². The van der Waals surface area contributed by atoms with Gasteiger partial charge < -0.3 is 20.0 Å². The van der Waals surface area contributed by atoms with Gasteiger partial charge in [-0.05, 0) is 13.8 Å². The second-order valence-electron chi connectivity index (χ2n) is 4.25. The Hall–Kier alpha value is -2.26. The lowest BCUT2D eigenvalue weighted by Gasteiger charge is -2.09. The highest BCUT2D eigenvalue weighted by molar-refractivity contribution is 5.46. The molecule has 2 heterocycles. The summed E-state index contributed by atoms with van der Waals surface area (Å²) < 4.78 is 10.3. The Balaban J connectivity index is 1.94. The van der Waals surface area contributed by atoms with Gasteiger partial charge in [0.05, 0.1) is 0 Å². The number of nitrogen functional groups attached to an aromatic ring is 1. The summed E-state index contributed by atoms with van der Waals surface area (Å²) in [5.74, 6) is 8.35. The number of ether oxygens (including phenoxy) is 1. The summed E-state index contributed by atoms with van der Waals surface area (Å²) in [6.45, 7) is 5.24. The zero-order valence-corrected chi connectivity index (χ0v) is 12.1. The molecule has 0 saturated heterocycles. The molecule has 0 radical (unpaired) electrons. The fourth-order valence-corrected chi connectivity index (χ4v) is 1.66. The Kier molecular flexibility index (Phi) is 5.41. The molecule has 0 spiro atoms. The third kappa shape index (κ3) is 4.65. The molecule has 9 nitrogen and oxygen atoms in total. The predicted molar refractivity (Wildman–Crippen MR) is 76.4 cm³/mol. The van der Waals surface area contributed by atoms with E-state index in [9.17, 15) is 0 Å². The van der Waals surface area contributed by atoms with Gasteiger partial charge in [-0.25, -0.2) is 15.8 Å². The van der Waals surface area contributed by atoms with Crippen LogP contribution in [0.3, 0.4) is 0 Å². The molecule has 0 unspecified atom stereocenters. The van der Waals surface area contributed by atoms with Gasteiger partial charge in [0.2, 0.25) is 5.89 Å². The van der Waals surface area contributed by atoms with Gasteiger partial charge in [0, 0.05) is 25.6 Å². The van der Waals surface area contributed by atoms with E-state index in [1.54, 1.807) is 13.0 Å². The molecule has 0 aliphatic heterocycles. The number of aryl methyl sites for hydroxylation is 1. The van der Waals surface area contributed by atoms with E-state index in [1.807, 2.05) is 6.92 Å². The van der Waals surface area contributed by atoms with Gasteiger partial charge >= 0.3 is 0 Å². The molecule has 0 saturated carbocycles. The van der Waals surface area contributed by atoms with Crippen LogP contribution in [0.4, 0.5) is 11.6 Å². The molecule has 0 fully saturated rings. The molecule has 4 N–H and O–H groups in total. The first kappa shape index (κ1) is 15.1. The van der Waals surface area contributed by atoms with Gasteiger partial charge in [-0.1, -0.05) is 5.16 Å². The van der Waals surface area contributed by atoms with E-state index in [2.05, 4.69) is 30.9 Å². The highest BCUT2D eigenvalue weighted by atomic mass is 16.5. The molecular weight excluding hydrogens is 274 g/mol. The van der Waals surface area contributed by atoms with Crippen molar-refractivity contribution in [2.24, 2.45) is 5.84 Å². The van der Waals surface area contributed by atoms with Crippen LogP contribution in [0, 0.1) is 6.92 Å². The zero-order chi connectivity index (χ0) is 15.1. The lowest BCUT2D eigenvalue weighted by atomic mass is 10.4. The summed E-state index contributed by atoms with van der Waals surface area (Å²) >= 11 is 0. The van der Waals surface area contributed by atoms with E-state index in [1.165, 1.54) is 0 Å². The molecule has 0 aromatic carbocycles. The fourth-order valence-electron chi connectivity index (χ4n) is 1.66. The minimum absolute atomic E-state index is 0.337. The van der Waals surface area contributed by atoms with Crippen LogP contribution >= 0.6 is 0 Å². The van der Waals surface area contributed by atoms with Crippen molar-refractivity contribution < 1.29 is 9.26 Å². The number of anilines is 2. The number of rotatable bonds is 8. The van der Waals surface area contributed by atoms with Crippen molar-refractivity contribution in [3.05, 3.63) is 23.6 Å². The van der Waals surface area contributed by atoms with Crippen molar-refractivity contribution in [3.8, 4) is 0 Å². The van der Waals surface area contributed by atoms with Gasteiger partial charge in [-0.15, -0.1) is 0 Å². The fraction of sp³-hybridized carbons (Fsp3) is 0.500. The van der Waals surface area contributed by atoms with Crippen LogP contribution < -0.4 is 16.6 Å². The maximum absolute atomic E-state index is 5.40. The van der Waals surface area contributed by atoms with Crippen molar-refractivity contribution >= 4 is 11.6 Å². The standard InChI is InChI=1S/C12H19N7O2/c1-3-20-7-11-16-9(6-10(17-11)18-13)14-5-4-12-15-8(2)19-21-12/h6H,3-5,7,13H2,1-2H3,(H2,14,16,17,18). The topological polar surface area (TPSA) is 124 Å². The summed E-state index contributed by atoms with van der Waals surface area (Å²) in [7, 11) is 0. The Morgan fingerprint density at radius 1 is 1.29 bits per heavy atom. The van der Waals surface area contributed by atoms with Gasteiger partial charge in [0.25, 0.3) is 0 Å². The van der Waals surface area contributed by atoms with Crippen LogP contribution in [0.25, 0.3) is 0 Å². The summed E-state index contributed by atoms with van der Waals surface area (Å²) in [5, 5.41) is 6.90. The van der Waals surface area contributed by atoms with Crippen LogP contribution in [0.2, 0.25) is 0 Å². The smallest absolute Gasteiger partial charge is 0.228 e. The van der Waals surface area contributed by atoms with Crippen LogP contribution in [0.5, 0.6) is 0 Å². The molecule has 2 aromatic rings. The predicted octanol–water partition coefficient (Wildman–Crippen LogP) is 0.645. The van der Waals surface area contributed by atoms with Crippen LogP contribution in [0.1, 0.15) is 24.5 Å². The first-order valence-electron chi connectivity index (χ1n) is 6.66. The molecule has 21 heavy (non-hydrogen) atoms. The second kappa shape index (κ2) is 7.50.